The highest BCUT2D eigenvalue weighted by Crippen LogP contribution is 2.33. The van der Waals surface area contributed by atoms with Crippen molar-refractivity contribution < 1.29 is 62.3 Å². The minimum Gasteiger partial charge on any atom is -0.476 e. The van der Waals surface area contributed by atoms with Gasteiger partial charge in [0.1, 0.15) is 23.4 Å². The number of benzene rings is 8. The Morgan fingerprint density at radius 2 is 0.745 bits per heavy atom. The van der Waals surface area contributed by atoms with E-state index in [1.165, 1.54) is 146 Å². The Labute approximate surface area is 853 Å². The first-order valence-corrected chi connectivity index (χ1v) is 53.7. The Bertz CT molecular complexity index is 8780. The van der Waals surface area contributed by atoms with E-state index in [0.717, 1.165) is 157 Å². The lowest BCUT2D eigenvalue weighted by molar-refractivity contribution is 0.0378. The molecule has 0 radical (unpaired) electrons. The van der Waals surface area contributed by atoms with E-state index in [4.69, 9.17) is 55.9 Å². The summed E-state index contributed by atoms with van der Waals surface area (Å²) in [6.07, 6.45) is 2.45. The van der Waals surface area contributed by atoms with Gasteiger partial charge in [0.2, 0.25) is 5.90 Å². The highest BCUT2D eigenvalue weighted by Gasteiger charge is 2.28. The Morgan fingerprint density at radius 1 is 0.379 bits per heavy atom. The zero-order valence-electron chi connectivity index (χ0n) is 74.3. The average molecular weight is 2200 g/mol. The van der Waals surface area contributed by atoms with Crippen LogP contribution in [0.15, 0.2) is 266 Å². The van der Waals surface area contributed by atoms with E-state index in [2.05, 4.69) is 67.0 Å². The Morgan fingerprint density at radius 3 is 1.15 bits per heavy atom. The van der Waals surface area contributed by atoms with Crippen LogP contribution in [0.5, 0.6) is 0 Å². The van der Waals surface area contributed by atoms with Crippen LogP contribution in [0, 0.1) is 0 Å². The van der Waals surface area contributed by atoms with E-state index < -0.39 is 109 Å². The summed E-state index contributed by atoms with van der Waals surface area (Å²) in [4.78, 5) is 170. The summed E-state index contributed by atoms with van der Waals surface area (Å²) in [5, 5.41) is 20.8. The van der Waals surface area contributed by atoms with Crippen molar-refractivity contribution in [3.8, 4) is 22.7 Å². The van der Waals surface area contributed by atoms with Crippen LogP contribution in [0.3, 0.4) is 0 Å². The van der Waals surface area contributed by atoms with Crippen molar-refractivity contribution in [2.24, 2.45) is 4.99 Å². The maximum Gasteiger partial charge on any atom is 0.333 e. The number of urea groups is 4. The first kappa shape index (κ1) is 102. The number of hydrogen-bond donors (Lipinski definition) is 15. The fourth-order valence-electron chi connectivity index (χ4n) is 15.5. The van der Waals surface area contributed by atoms with E-state index in [1.807, 2.05) is 25.0 Å². The zero-order chi connectivity index (χ0) is 103. The average Bonchev–Trinajstić information content (AvgIpc) is 1.73. The molecule has 4 aliphatic heterocycles. The highest BCUT2D eigenvalue weighted by molar-refractivity contribution is 7.93. The first-order chi connectivity index (χ1) is 69.3. The molecule has 43 nitrogen and oxygen atoms in total. The number of fused-ring (bicyclic) bond motifs is 7. The zero-order valence-corrected chi connectivity index (χ0v) is 83.8. The molecule has 8 aromatic carbocycles. The van der Waals surface area contributed by atoms with Gasteiger partial charge in [0.15, 0.2) is 0 Å². The van der Waals surface area contributed by atoms with Crippen LogP contribution in [0.1, 0.15) is 23.1 Å². The Balaban J connectivity index is 0.000000133. The molecule has 16 aromatic rings. The minimum absolute atomic E-state index is 0.0978. The van der Waals surface area contributed by atoms with Gasteiger partial charge in [0, 0.05) is 83.7 Å². The molecule has 0 bridgehead atoms. The number of aromatic amines is 4. The molecule has 12 heterocycles. The van der Waals surface area contributed by atoms with Crippen LogP contribution in [-0.4, -0.2) is 172 Å². The maximum atomic E-state index is 13.2. The number of sulfonamides is 4. The number of thiophene rings is 4. The van der Waals surface area contributed by atoms with Crippen molar-refractivity contribution in [2.75, 3.05) is 103 Å². The molecule has 8 amide bonds. The van der Waals surface area contributed by atoms with Gasteiger partial charge < -0.3 is 66.6 Å². The lowest BCUT2D eigenvalue weighted by Crippen LogP contribution is -2.37. The smallest absolute Gasteiger partial charge is 0.333 e. The second-order valence-corrected chi connectivity index (χ2v) is 46.2. The number of carbonyl (C=O) groups is 4. The van der Waals surface area contributed by atoms with Gasteiger partial charge >= 0.3 is 46.9 Å². The van der Waals surface area contributed by atoms with Gasteiger partial charge in [-0.05, 0) is 238 Å². The second-order valence-electron chi connectivity index (χ2n) is 31.7. The van der Waals surface area contributed by atoms with Crippen LogP contribution in [0.4, 0.5) is 59.0 Å². The number of nitrogens with one attached hydrogen (secondary N) is 15. The van der Waals surface area contributed by atoms with Crippen LogP contribution in [0.2, 0.25) is 17.3 Å². The topological polar surface area (TPSA) is 591 Å². The fraction of sp³-hybridized carbons (Fsp3) is 0.144. The van der Waals surface area contributed by atoms with Gasteiger partial charge in [-0.3, -0.25) is 24.1 Å². The third-order valence-electron chi connectivity index (χ3n) is 22.1. The Kier molecular flexibility index (Phi) is 30.1. The molecule has 0 atom stereocenters. The van der Waals surface area contributed by atoms with Crippen molar-refractivity contribution in [3.63, 3.8) is 0 Å². The van der Waals surface area contributed by atoms with Gasteiger partial charge in [-0.25, -0.2) is 114 Å². The molecular weight excluding hydrogens is 2130 g/mol. The lowest BCUT2D eigenvalue weighted by atomic mass is 10.1. The summed E-state index contributed by atoms with van der Waals surface area (Å²) in [6, 6.07) is 47.3. The fourth-order valence-corrected chi connectivity index (χ4v) is 25.0. The van der Waals surface area contributed by atoms with Crippen molar-refractivity contribution in [2.45, 2.75) is 36.1 Å². The number of aromatic nitrogens is 8. The van der Waals surface area contributed by atoms with E-state index in [-0.39, 0.29) is 73.7 Å². The van der Waals surface area contributed by atoms with Crippen molar-refractivity contribution in [3.05, 3.63) is 324 Å². The number of morpholine rings is 1. The molecular formula is C90H75Cl4N21O22S8. The summed E-state index contributed by atoms with van der Waals surface area (Å²) in [5.41, 5.74) is 4.59. The third-order valence-corrected chi connectivity index (χ3v) is 34.3. The van der Waals surface area contributed by atoms with Crippen molar-refractivity contribution >= 4 is 245 Å². The molecule has 1 fully saturated rings. The first-order valence-electron chi connectivity index (χ1n) is 43.0. The molecule has 0 saturated carbocycles. The molecule has 4 aliphatic rings. The molecule has 1 saturated heterocycles. The van der Waals surface area contributed by atoms with Gasteiger partial charge in [0.05, 0.1) is 103 Å². The van der Waals surface area contributed by atoms with E-state index in [9.17, 15) is 91.2 Å². The van der Waals surface area contributed by atoms with E-state index >= 15 is 0 Å². The van der Waals surface area contributed by atoms with Gasteiger partial charge in [-0.1, -0.05) is 46.4 Å². The number of aliphatic imine (C=N–C) groups is 1. The molecule has 55 heteroatoms. The van der Waals surface area contributed by atoms with Gasteiger partial charge in [-0.15, -0.1) is 45.3 Å². The minimum atomic E-state index is -4.09. The molecule has 0 aliphatic carbocycles. The van der Waals surface area contributed by atoms with Crippen LogP contribution in [-0.2, 0) is 62.4 Å². The molecule has 20 rings (SSSR count). The summed E-state index contributed by atoms with van der Waals surface area (Å²) in [5.74, 6) is 0.459. The molecule has 0 spiro atoms. The predicted molar refractivity (Wildman–Crippen MR) is 557 cm³/mol. The standard InChI is InChI=1S/C26H27ClN6O6S2.C22H16ClN5O6S2.2C21H16ClN5O5S2/c27-22-8-9-23(40-22)41(37,38)31-25(35)29-17-2-5-19(6-3-17)33-24(34)20-7-4-18(16-21(20)30-26(33)36)28-10-1-11-32-12-14-39-15-13-32;23-17-7-8-18(35-17)36(32,33)27-21(30)25-13-2-4-14(5-3-13)28-20(29)15-6-1-12(19-24-9-10-34-19)11-16(15)26-22(28)31;22-17-5-6-18(33-17)34(31,32)26-20(29)24-12-1-3-13(4-2-12)27-19(28)14-9-11-7-8-23-15(11)10-16(14)25-21(27)30;22-16-7-8-17(33-16)34(31,32)26-20(29)24-11-1-3-12(4-2-11)27-19(28)14-5-6-15-13(9-10-23-15)18(14)25-21(27)30/h2-9,16,28H,1,10-15H2,(H,30,36)(H2,29,31,35);1-8,11H,9-10H2,(H,26,31)(H2,25,27,30);1-6,9-10,23H,7-8H2,(H,25,30)(H2,24,26,29);1-8,23H,9-10H2,(H,25,30)(H2,24,26,29). The Hall–Kier alpha value is -14.9. The van der Waals surface area contributed by atoms with Crippen LogP contribution in [0.25, 0.3) is 66.4 Å². The number of amides is 8. The number of anilines is 7. The number of ether oxygens (including phenoxy) is 2. The van der Waals surface area contributed by atoms with E-state index in [0.29, 0.717) is 80.6 Å². The quantitative estimate of drug-likeness (QED) is 0.0280. The summed E-state index contributed by atoms with van der Waals surface area (Å²) >= 11 is 26.3. The lowest BCUT2D eigenvalue weighted by Gasteiger charge is -2.26. The molecule has 0 unspecified atom stereocenters. The number of carbonyl (C=O) groups excluding carboxylic acids is 4. The van der Waals surface area contributed by atoms with E-state index in [1.54, 1.807) is 54.6 Å². The maximum absolute atomic E-state index is 13.2. The molecule has 748 valence electrons. The number of nitrogens with zero attached hydrogens (tertiary/aromatic N) is 6. The monoisotopic (exact) mass is 2200 g/mol. The van der Waals surface area contributed by atoms with Crippen molar-refractivity contribution in [1.82, 2.24) is 62.0 Å². The summed E-state index contributed by atoms with van der Waals surface area (Å²) < 4.78 is 121. The summed E-state index contributed by atoms with van der Waals surface area (Å²) in [6.45, 7) is 7.67. The van der Waals surface area contributed by atoms with Gasteiger partial charge in [0.25, 0.3) is 62.3 Å². The molecule has 145 heavy (non-hydrogen) atoms. The number of halogens is 4. The van der Waals surface area contributed by atoms with Crippen molar-refractivity contribution in [1.29, 1.82) is 0 Å². The third kappa shape index (κ3) is 23.5. The number of hydrogen-bond acceptors (Lipinski definition) is 31. The number of rotatable bonds is 22. The van der Waals surface area contributed by atoms with Gasteiger partial charge in [-0.2, -0.15) is 0 Å². The normalized spacial score (nSPS) is 13.3. The van der Waals surface area contributed by atoms with Crippen LogP contribution >= 0.6 is 91.8 Å². The van der Waals surface area contributed by atoms with Crippen LogP contribution < -0.4 is 101 Å². The number of H-pyrrole nitrogens is 4. The summed E-state index contributed by atoms with van der Waals surface area (Å²) in [7, 11) is -16.3. The second kappa shape index (κ2) is 43.0. The largest absolute Gasteiger partial charge is 0.476 e. The molecule has 8 aromatic heterocycles. The SMILES string of the molecule is O=C(Nc1ccc(-n2c(=O)[nH]c3c4c(ccc3c2=O)NCC4)cc1)NS(=O)(=O)c1ccc(Cl)s1.O=C(Nc1ccc(-n2c(=O)[nH]c3cc(C4=NCCO4)ccc3c2=O)cc1)NS(=O)(=O)c1ccc(Cl)s1.O=C(Nc1ccc(-n2c(=O)[nH]c3cc(NCCCN4CCOCC4)ccc3c2=O)cc1)NS(=O)(=O)c1ccc(Cl)s1.O=C(Nc1ccc(-n2c(=O)[nH]c3cc4c(cc3c2=O)CCN4)cc1)NS(=O)(=O)c1ccc(Cl)s1. The molecule has 15 N–H and O–H groups in total. The highest BCUT2D eigenvalue weighted by atomic mass is 35.5. The predicted octanol–water partition coefficient (Wildman–Crippen LogP) is 11.5.